The molecule has 0 unspecified atom stereocenters. The zero-order valence-electron chi connectivity index (χ0n) is 11.0. The van der Waals surface area contributed by atoms with Crippen molar-refractivity contribution in [3.05, 3.63) is 41.3 Å². The number of nitrogens with one attached hydrogen (secondary N) is 1. The number of anilines is 1. The average molecular weight is 326 g/mol. The lowest BCUT2D eigenvalue weighted by molar-refractivity contribution is 0.350. The fourth-order valence-corrected chi connectivity index (χ4v) is 2.80. The van der Waals surface area contributed by atoms with Gasteiger partial charge in [0, 0.05) is 23.8 Å². The second kappa shape index (κ2) is 6.18. The molecule has 110 valence electrons. The van der Waals surface area contributed by atoms with Crippen LogP contribution in [0.1, 0.15) is 5.56 Å². The summed E-state index contributed by atoms with van der Waals surface area (Å²) >= 11 is 5.88. The lowest BCUT2D eigenvalue weighted by Gasteiger charge is -2.08. The molecular formula is C13H12ClN3O3S. The van der Waals surface area contributed by atoms with Gasteiger partial charge >= 0.3 is 0 Å². The molecule has 1 heterocycles. The monoisotopic (exact) mass is 325 g/mol. The number of aromatic nitrogens is 2. The number of halogens is 1. The summed E-state index contributed by atoms with van der Waals surface area (Å²) in [5.74, 6) is 5.12. The van der Waals surface area contributed by atoms with Crippen molar-refractivity contribution in [3.63, 3.8) is 0 Å². The minimum atomic E-state index is -3.83. The van der Waals surface area contributed by atoms with E-state index in [1.165, 1.54) is 23.2 Å². The molecule has 0 fully saturated rings. The Morgan fingerprint density at radius 1 is 1.48 bits per heavy atom. The summed E-state index contributed by atoms with van der Waals surface area (Å²) in [6.07, 6.45) is 2.77. The summed E-state index contributed by atoms with van der Waals surface area (Å²) in [5, 5.41) is 8.99. The van der Waals surface area contributed by atoms with Crippen molar-refractivity contribution in [1.82, 2.24) is 9.55 Å². The molecule has 0 aliphatic rings. The Morgan fingerprint density at radius 2 is 2.24 bits per heavy atom. The highest BCUT2D eigenvalue weighted by atomic mass is 35.5. The molecular weight excluding hydrogens is 314 g/mol. The standard InChI is InChI=1S/C13H12ClN3O3S/c1-17-8-13(15-9-17)21(19,20)16-12-7-11(14)5-4-10(12)3-2-6-18/h4-5,7-9,16,18H,6H2,1H3. The van der Waals surface area contributed by atoms with Crippen LogP contribution in [0.2, 0.25) is 5.02 Å². The molecule has 0 radical (unpaired) electrons. The lowest BCUT2D eigenvalue weighted by atomic mass is 10.2. The van der Waals surface area contributed by atoms with E-state index in [0.29, 0.717) is 10.6 Å². The molecule has 0 atom stereocenters. The first-order chi connectivity index (χ1) is 9.92. The highest BCUT2D eigenvalue weighted by Gasteiger charge is 2.18. The Morgan fingerprint density at radius 3 is 2.86 bits per heavy atom. The van der Waals surface area contributed by atoms with E-state index < -0.39 is 10.0 Å². The number of hydrogen-bond donors (Lipinski definition) is 2. The third kappa shape index (κ3) is 3.76. The van der Waals surface area contributed by atoms with Crippen molar-refractivity contribution in [2.45, 2.75) is 5.03 Å². The molecule has 6 nitrogen and oxygen atoms in total. The molecule has 0 aliphatic carbocycles. The number of aliphatic hydroxyl groups is 1. The van der Waals surface area contributed by atoms with Crippen molar-refractivity contribution in [3.8, 4) is 11.8 Å². The minimum absolute atomic E-state index is 0.106. The normalized spacial score (nSPS) is 10.8. The van der Waals surface area contributed by atoms with Gasteiger partial charge in [-0.1, -0.05) is 23.4 Å². The molecule has 21 heavy (non-hydrogen) atoms. The minimum Gasteiger partial charge on any atom is -0.384 e. The Bertz CT molecular complexity index is 819. The van der Waals surface area contributed by atoms with E-state index in [1.54, 1.807) is 19.2 Å². The number of nitrogens with zero attached hydrogens (tertiary/aromatic N) is 2. The van der Waals surface area contributed by atoms with Crippen LogP contribution in [0.3, 0.4) is 0 Å². The molecule has 0 bridgehead atoms. The molecule has 0 saturated carbocycles. The predicted molar refractivity (Wildman–Crippen MR) is 79.4 cm³/mol. The number of aliphatic hydroxyl groups excluding tert-OH is 1. The van der Waals surface area contributed by atoms with Gasteiger partial charge in [0.1, 0.15) is 6.61 Å². The van der Waals surface area contributed by atoms with Crippen molar-refractivity contribution < 1.29 is 13.5 Å². The molecule has 0 saturated heterocycles. The Labute approximate surface area is 127 Å². The van der Waals surface area contributed by atoms with Crippen LogP contribution in [0.15, 0.2) is 35.7 Å². The van der Waals surface area contributed by atoms with Crippen LogP contribution in [0, 0.1) is 11.8 Å². The zero-order valence-corrected chi connectivity index (χ0v) is 12.6. The highest BCUT2D eigenvalue weighted by Crippen LogP contribution is 2.23. The molecule has 2 aromatic rings. The van der Waals surface area contributed by atoms with Crippen LogP contribution >= 0.6 is 11.6 Å². The van der Waals surface area contributed by atoms with E-state index in [9.17, 15) is 8.42 Å². The van der Waals surface area contributed by atoms with E-state index in [4.69, 9.17) is 16.7 Å². The molecule has 0 spiro atoms. The van der Waals surface area contributed by atoms with Crippen LogP contribution in [0.5, 0.6) is 0 Å². The van der Waals surface area contributed by atoms with Crippen molar-refractivity contribution >= 4 is 27.3 Å². The third-order valence-corrected chi connectivity index (χ3v) is 3.97. The van der Waals surface area contributed by atoms with Gasteiger partial charge in [-0.3, -0.25) is 4.72 Å². The Hall–Kier alpha value is -2.01. The molecule has 0 aliphatic heterocycles. The average Bonchev–Trinajstić information content (AvgIpc) is 2.85. The predicted octanol–water partition coefficient (Wildman–Crippen LogP) is 1.22. The topological polar surface area (TPSA) is 84.2 Å². The zero-order chi connectivity index (χ0) is 15.5. The summed E-state index contributed by atoms with van der Waals surface area (Å²) in [7, 11) is -2.16. The van der Waals surface area contributed by atoms with Crippen LogP contribution in [0.25, 0.3) is 0 Å². The maximum Gasteiger partial charge on any atom is 0.280 e. The van der Waals surface area contributed by atoms with Gasteiger partial charge in [0.2, 0.25) is 0 Å². The van der Waals surface area contributed by atoms with Gasteiger partial charge in [0.15, 0.2) is 5.03 Å². The maximum atomic E-state index is 12.2. The second-order valence-electron chi connectivity index (χ2n) is 4.13. The van der Waals surface area contributed by atoms with E-state index in [1.807, 2.05) is 0 Å². The smallest absolute Gasteiger partial charge is 0.280 e. The SMILES string of the molecule is Cn1cnc(S(=O)(=O)Nc2cc(Cl)ccc2C#CCO)c1. The molecule has 8 heteroatoms. The summed E-state index contributed by atoms with van der Waals surface area (Å²) in [6.45, 7) is -0.324. The van der Waals surface area contributed by atoms with Gasteiger partial charge in [0.05, 0.1) is 12.0 Å². The first-order valence-electron chi connectivity index (χ1n) is 5.82. The van der Waals surface area contributed by atoms with Gasteiger partial charge in [0.25, 0.3) is 10.0 Å². The van der Waals surface area contributed by atoms with Gasteiger partial charge in [-0.05, 0) is 18.2 Å². The summed E-state index contributed by atoms with van der Waals surface area (Å²) < 4.78 is 28.4. The van der Waals surface area contributed by atoms with E-state index in [-0.39, 0.29) is 17.3 Å². The quantitative estimate of drug-likeness (QED) is 0.831. The van der Waals surface area contributed by atoms with E-state index in [2.05, 4.69) is 21.5 Å². The molecule has 0 amide bonds. The third-order valence-electron chi connectivity index (χ3n) is 2.48. The number of hydrogen-bond acceptors (Lipinski definition) is 4. The second-order valence-corrected chi connectivity index (χ2v) is 6.20. The van der Waals surface area contributed by atoms with Gasteiger partial charge in [-0.2, -0.15) is 8.42 Å². The van der Waals surface area contributed by atoms with Crippen LogP contribution in [-0.2, 0) is 17.1 Å². The van der Waals surface area contributed by atoms with Crippen LogP contribution < -0.4 is 4.72 Å². The first-order valence-corrected chi connectivity index (χ1v) is 7.68. The Balaban J connectivity index is 2.41. The highest BCUT2D eigenvalue weighted by molar-refractivity contribution is 7.92. The van der Waals surface area contributed by atoms with Gasteiger partial charge in [-0.15, -0.1) is 0 Å². The van der Waals surface area contributed by atoms with Crippen LogP contribution in [0.4, 0.5) is 5.69 Å². The number of benzene rings is 1. The number of imidazole rings is 1. The fraction of sp³-hybridized carbons (Fsp3) is 0.154. The summed E-state index contributed by atoms with van der Waals surface area (Å²) in [4.78, 5) is 3.80. The lowest BCUT2D eigenvalue weighted by Crippen LogP contribution is -2.14. The number of sulfonamides is 1. The first kappa shape index (κ1) is 15.4. The number of rotatable bonds is 3. The van der Waals surface area contributed by atoms with Crippen LogP contribution in [-0.4, -0.2) is 29.7 Å². The summed E-state index contributed by atoms with van der Waals surface area (Å²) in [5.41, 5.74) is 0.641. The largest absolute Gasteiger partial charge is 0.384 e. The van der Waals surface area contributed by atoms with Gasteiger partial charge < -0.3 is 9.67 Å². The van der Waals surface area contributed by atoms with Gasteiger partial charge in [-0.25, -0.2) is 4.98 Å². The fourth-order valence-electron chi connectivity index (χ4n) is 1.57. The summed E-state index contributed by atoms with van der Waals surface area (Å²) in [6, 6.07) is 4.60. The molecule has 2 rings (SSSR count). The van der Waals surface area contributed by atoms with E-state index >= 15 is 0 Å². The molecule has 1 aromatic heterocycles. The molecule has 2 N–H and O–H groups in total. The molecule has 1 aromatic carbocycles. The maximum absolute atomic E-state index is 12.2. The van der Waals surface area contributed by atoms with E-state index in [0.717, 1.165) is 0 Å². The van der Waals surface area contributed by atoms with Crippen molar-refractivity contribution in [2.24, 2.45) is 7.05 Å². The number of aryl methyl sites for hydroxylation is 1. The Kier molecular flexibility index (Phi) is 4.53. The van der Waals surface area contributed by atoms with Crippen molar-refractivity contribution in [1.29, 1.82) is 0 Å². The van der Waals surface area contributed by atoms with Crippen molar-refractivity contribution in [2.75, 3.05) is 11.3 Å².